The minimum absolute atomic E-state index is 0.106. The number of hydrogen-bond donors (Lipinski definition) is 2. The zero-order valence-corrected chi connectivity index (χ0v) is 16.8. The molecule has 1 heterocycles. The van der Waals surface area contributed by atoms with Gasteiger partial charge in [0.25, 0.3) is 15.8 Å². The Balaban J connectivity index is 2.17. The van der Waals surface area contributed by atoms with Crippen molar-refractivity contribution in [3.05, 3.63) is 77.0 Å². The molecule has 0 atom stereocenters. The molecular weight excluding hydrogens is 376 g/mol. The molecule has 0 bridgehead atoms. The highest BCUT2D eigenvalue weighted by Crippen LogP contribution is 2.36. The van der Waals surface area contributed by atoms with Gasteiger partial charge in [0.2, 0.25) is 0 Å². The van der Waals surface area contributed by atoms with Gasteiger partial charge in [-0.3, -0.25) is 4.55 Å². The number of pyridine rings is 1. The van der Waals surface area contributed by atoms with Crippen molar-refractivity contribution in [2.75, 3.05) is 5.84 Å². The van der Waals surface area contributed by atoms with Gasteiger partial charge in [0, 0.05) is 6.07 Å². The molecule has 0 fully saturated rings. The Bertz CT molecular complexity index is 1130. The second-order valence-electron chi connectivity index (χ2n) is 6.72. The smallest absolute Gasteiger partial charge is 0.295 e. The quantitative estimate of drug-likeness (QED) is 0.391. The SMILES string of the molecule is Cc1cc(C)c(S(=O)(=O)O)c(C)c1-c1c(OCc2ccccc2)ccc[n+]1N. The highest BCUT2D eigenvalue weighted by atomic mass is 32.2. The predicted molar refractivity (Wildman–Crippen MR) is 107 cm³/mol. The van der Waals surface area contributed by atoms with Gasteiger partial charge >= 0.3 is 0 Å². The van der Waals surface area contributed by atoms with Gasteiger partial charge in [0.15, 0.2) is 11.9 Å². The second-order valence-corrected chi connectivity index (χ2v) is 8.08. The number of aryl methyl sites for hydroxylation is 2. The van der Waals surface area contributed by atoms with E-state index < -0.39 is 10.1 Å². The van der Waals surface area contributed by atoms with Crippen LogP contribution in [0.1, 0.15) is 22.3 Å². The highest BCUT2D eigenvalue weighted by Gasteiger charge is 2.28. The van der Waals surface area contributed by atoms with Crippen molar-refractivity contribution in [1.29, 1.82) is 0 Å². The van der Waals surface area contributed by atoms with Crippen molar-refractivity contribution >= 4 is 10.1 Å². The summed E-state index contributed by atoms with van der Waals surface area (Å²) in [7, 11) is -4.38. The third kappa shape index (κ3) is 3.85. The summed E-state index contributed by atoms with van der Waals surface area (Å²) in [5.41, 5.74) is 3.89. The van der Waals surface area contributed by atoms with Crippen molar-refractivity contribution in [2.24, 2.45) is 0 Å². The van der Waals surface area contributed by atoms with Crippen LogP contribution in [-0.4, -0.2) is 13.0 Å². The summed E-state index contributed by atoms with van der Waals surface area (Å²) in [5.74, 6) is 6.70. The van der Waals surface area contributed by atoms with E-state index in [1.54, 1.807) is 38.2 Å². The van der Waals surface area contributed by atoms with Gasteiger partial charge in [0.1, 0.15) is 11.5 Å². The number of nitrogen functional groups attached to an aromatic ring is 1. The van der Waals surface area contributed by atoms with Crippen LogP contribution in [0.3, 0.4) is 0 Å². The maximum atomic E-state index is 11.9. The molecule has 1 aromatic heterocycles. The first-order chi connectivity index (χ1) is 13.2. The van der Waals surface area contributed by atoms with Crippen LogP contribution in [0.5, 0.6) is 5.75 Å². The number of rotatable bonds is 5. The van der Waals surface area contributed by atoms with Crippen LogP contribution in [0.4, 0.5) is 0 Å². The van der Waals surface area contributed by atoms with Gasteiger partial charge in [-0.05, 0) is 49.1 Å². The third-order valence-electron chi connectivity index (χ3n) is 4.62. The lowest BCUT2D eigenvalue weighted by Gasteiger charge is -2.16. The Hall–Kier alpha value is -2.90. The predicted octanol–water partition coefficient (Wildman–Crippen LogP) is 3.11. The molecule has 0 radical (unpaired) electrons. The molecule has 7 heteroatoms. The summed E-state index contributed by atoms with van der Waals surface area (Å²) >= 11 is 0. The van der Waals surface area contributed by atoms with Crippen LogP contribution in [-0.2, 0) is 16.7 Å². The van der Waals surface area contributed by atoms with E-state index in [-0.39, 0.29) is 4.90 Å². The van der Waals surface area contributed by atoms with Crippen LogP contribution >= 0.6 is 0 Å². The standard InChI is InChI=1S/C21H22N2O4S/c1-14-12-15(2)21(28(24,25)26)16(3)19(14)20-18(10-7-11-23(20)22)27-13-17-8-5-4-6-9-17/h4-12H,13,22H2,1-3H3/p+1. The first-order valence-electron chi connectivity index (χ1n) is 8.75. The fourth-order valence-electron chi connectivity index (χ4n) is 3.54. The monoisotopic (exact) mass is 399 g/mol. The summed E-state index contributed by atoms with van der Waals surface area (Å²) in [4.78, 5) is -0.106. The maximum Gasteiger partial charge on any atom is 0.295 e. The number of nitrogens with zero attached hydrogens (tertiary/aromatic N) is 1. The Morgan fingerprint density at radius 1 is 1.04 bits per heavy atom. The number of aromatic nitrogens is 1. The van der Waals surface area contributed by atoms with Gasteiger partial charge < -0.3 is 4.74 Å². The molecule has 0 spiro atoms. The lowest BCUT2D eigenvalue weighted by Crippen LogP contribution is -2.46. The molecule has 0 amide bonds. The first kappa shape index (κ1) is 19.9. The van der Waals surface area contributed by atoms with Crippen molar-refractivity contribution < 1.29 is 22.4 Å². The van der Waals surface area contributed by atoms with Crippen LogP contribution in [0.15, 0.2) is 59.6 Å². The average molecular weight is 399 g/mol. The van der Waals surface area contributed by atoms with Crippen LogP contribution in [0.2, 0.25) is 0 Å². The molecule has 3 aromatic rings. The third-order valence-corrected chi connectivity index (χ3v) is 5.76. The minimum atomic E-state index is -4.38. The zero-order valence-electron chi connectivity index (χ0n) is 16.0. The number of nitrogens with two attached hydrogens (primary N) is 1. The second kappa shape index (κ2) is 7.61. The van der Waals surface area contributed by atoms with E-state index in [9.17, 15) is 13.0 Å². The molecule has 0 saturated carbocycles. The summed E-state index contributed by atoms with van der Waals surface area (Å²) < 4.78 is 41.0. The molecule has 28 heavy (non-hydrogen) atoms. The van der Waals surface area contributed by atoms with Gasteiger partial charge in [-0.15, -0.1) is 0 Å². The largest absolute Gasteiger partial charge is 0.482 e. The summed E-state index contributed by atoms with van der Waals surface area (Å²) in [6.07, 6.45) is 1.66. The fraction of sp³-hybridized carbons (Fsp3) is 0.190. The van der Waals surface area contributed by atoms with E-state index in [0.717, 1.165) is 11.1 Å². The van der Waals surface area contributed by atoms with E-state index in [4.69, 9.17) is 10.6 Å². The molecule has 0 saturated heterocycles. The highest BCUT2D eigenvalue weighted by molar-refractivity contribution is 7.86. The topological polar surface area (TPSA) is 93.5 Å². The molecule has 2 aromatic carbocycles. The van der Waals surface area contributed by atoms with Gasteiger partial charge in [-0.25, -0.2) is 5.84 Å². The lowest BCUT2D eigenvalue weighted by molar-refractivity contribution is -0.627. The van der Waals surface area contributed by atoms with Crippen molar-refractivity contribution in [2.45, 2.75) is 32.3 Å². The summed E-state index contributed by atoms with van der Waals surface area (Å²) in [6, 6.07) is 15.0. The molecule has 0 aliphatic carbocycles. The number of benzene rings is 2. The molecular formula is C21H23N2O4S+. The average Bonchev–Trinajstić information content (AvgIpc) is 2.61. The van der Waals surface area contributed by atoms with Crippen molar-refractivity contribution in [3.63, 3.8) is 0 Å². The molecule has 3 N–H and O–H groups in total. The number of hydrogen-bond acceptors (Lipinski definition) is 4. The van der Waals surface area contributed by atoms with Crippen molar-refractivity contribution in [3.8, 4) is 17.0 Å². The Morgan fingerprint density at radius 3 is 2.36 bits per heavy atom. The normalized spacial score (nSPS) is 11.4. The van der Waals surface area contributed by atoms with Crippen LogP contribution in [0, 0.1) is 20.8 Å². The van der Waals surface area contributed by atoms with E-state index in [1.807, 2.05) is 37.3 Å². The summed E-state index contributed by atoms with van der Waals surface area (Å²) in [6.45, 7) is 5.53. The van der Waals surface area contributed by atoms with E-state index in [1.165, 1.54) is 4.68 Å². The fourth-order valence-corrected chi connectivity index (χ4v) is 4.49. The van der Waals surface area contributed by atoms with E-state index in [2.05, 4.69) is 0 Å². The number of ether oxygens (including phenoxy) is 1. The Kier molecular flexibility index (Phi) is 5.40. The van der Waals surface area contributed by atoms with Gasteiger partial charge in [0.05, 0.1) is 5.56 Å². The van der Waals surface area contributed by atoms with E-state index >= 15 is 0 Å². The molecule has 0 unspecified atom stereocenters. The zero-order chi connectivity index (χ0) is 20.5. The minimum Gasteiger partial charge on any atom is -0.482 e. The molecule has 146 valence electrons. The first-order valence-corrected chi connectivity index (χ1v) is 10.2. The van der Waals surface area contributed by atoms with E-state index in [0.29, 0.717) is 34.7 Å². The van der Waals surface area contributed by atoms with Gasteiger partial charge in [-0.2, -0.15) is 8.42 Å². The molecule has 0 aliphatic rings. The van der Waals surface area contributed by atoms with Crippen LogP contribution < -0.4 is 15.3 Å². The maximum absolute atomic E-state index is 11.9. The Morgan fingerprint density at radius 2 is 1.71 bits per heavy atom. The van der Waals surface area contributed by atoms with Crippen molar-refractivity contribution in [1.82, 2.24) is 0 Å². The van der Waals surface area contributed by atoms with Crippen LogP contribution in [0.25, 0.3) is 11.3 Å². The molecule has 6 nitrogen and oxygen atoms in total. The molecule has 0 aliphatic heterocycles. The van der Waals surface area contributed by atoms with Gasteiger partial charge in [-0.1, -0.05) is 41.1 Å². The molecule has 3 rings (SSSR count). The Labute approximate surface area is 164 Å². The summed E-state index contributed by atoms with van der Waals surface area (Å²) in [5, 5.41) is 0. The lowest BCUT2D eigenvalue weighted by atomic mass is 9.96.